The Labute approximate surface area is 191 Å². The van der Waals surface area contributed by atoms with Gasteiger partial charge in [-0.1, -0.05) is 30.3 Å². The third-order valence-corrected chi connectivity index (χ3v) is 8.84. The molecule has 1 amide bonds. The first-order valence-electron chi connectivity index (χ1n) is 11.1. The average molecular weight is 481 g/mol. The summed E-state index contributed by atoms with van der Waals surface area (Å²) in [7, 11) is -4.23. The van der Waals surface area contributed by atoms with E-state index in [9.17, 15) is 26.4 Å². The lowest BCUT2D eigenvalue weighted by Gasteiger charge is -2.42. The quantitative estimate of drug-likeness (QED) is 0.686. The molecule has 4 rings (SSSR count). The molecule has 2 N–H and O–H groups in total. The van der Waals surface area contributed by atoms with Crippen LogP contribution in [-0.2, 0) is 27.4 Å². The summed E-state index contributed by atoms with van der Waals surface area (Å²) in [6.45, 7) is 0.139. The number of primary amides is 1. The lowest BCUT2D eigenvalue weighted by molar-refractivity contribution is -0.137. The molecule has 2 aromatic carbocycles. The van der Waals surface area contributed by atoms with E-state index in [4.69, 9.17) is 5.73 Å². The van der Waals surface area contributed by atoms with Crippen molar-refractivity contribution in [3.05, 3.63) is 65.2 Å². The summed E-state index contributed by atoms with van der Waals surface area (Å²) in [5, 5.41) is 0. The van der Waals surface area contributed by atoms with Gasteiger partial charge in [0.1, 0.15) is 0 Å². The van der Waals surface area contributed by atoms with Gasteiger partial charge in [-0.05, 0) is 73.3 Å². The van der Waals surface area contributed by atoms with Crippen LogP contribution in [-0.4, -0.2) is 31.2 Å². The van der Waals surface area contributed by atoms with E-state index < -0.39 is 38.6 Å². The number of piperidine rings is 1. The van der Waals surface area contributed by atoms with Crippen LogP contribution in [0.1, 0.15) is 54.7 Å². The van der Waals surface area contributed by atoms with E-state index in [0.717, 1.165) is 37.5 Å². The van der Waals surface area contributed by atoms with Gasteiger partial charge in [0.2, 0.25) is 15.9 Å². The first-order chi connectivity index (χ1) is 15.6. The summed E-state index contributed by atoms with van der Waals surface area (Å²) in [5.41, 5.74) is 7.00. The zero-order valence-corrected chi connectivity index (χ0v) is 18.9. The van der Waals surface area contributed by atoms with Crippen LogP contribution in [0.3, 0.4) is 0 Å². The molecule has 0 aromatic heterocycles. The maximum Gasteiger partial charge on any atom is 0.416 e. The van der Waals surface area contributed by atoms with Gasteiger partial charge in [-0.2, -0.15) is 17.5 Å². The summed E-state index contributed by atoms with van der Waals surface area (Å²) in [6, 6.07) is 11.3. The van der Waals surface area contributed by atoms with Crippen LogP contribution in [0.2, 0.25) is 0 Å². The Kier molecular flexibility index (Phi) is 6.55. The monoisotopic (exact) mass is 480 g/mol. The van der Waals surface area contributed by atoms with Gasteiger partial charge in [-0.15, -0.1) is 0 Å². The van der Waals surface area contributed by atoms with Crippen LogP contribution >= 0.6 is 0 Å². The van der Waals surface area contributed by atoms with E-state index in [0.29, 0.717) is 18.9 Å². The lowest BCUT2D eigenvalue weighted by Crippen LogP contribution is -2.48. The molecule has 9 heteroatoms. The molecule has 0 saturated carbocycles. The highest BCUT2D eigenvalue weighted by Gasteiger charge is 2.41. The number of hydrogen-bond acceptors (Lipinski definition) is 3. The molecule has 0 spiro atoms. The fraction of sp³-hybridized carbons (Fsp3) is 0.458. The van der Waals surface area contributed by atoms with Crippen LogP contribution in [0.25, 0.3) is 0 Å². The zero-order chi connectivity index (χ0) is 23.8. The molecule has 1 aliphatic heterocycles. The number of carbonyl (C=O) groups excluding carboxylic acids is 1. The third-order valence-electron chi connectivity index (χ3n) is 6.89. The largest absolute Gasteiger partial charge is 0.416 e. The van der Waals surface area contributed by atoms with Gasteiger partial charge in [0.25, 0.3) is 0 Å². The van der Waals surface area contributed by atoms with Crippen LogP contribution in [0, 0.1) is 5.92 Å². The molecule has 178 valence electrons. The summed E-state index contributed by atoms with van der Waals surface area (Å²) < 4.78 is 67.3. The molecule has 2 aliphatic rings. The predicted octanol–water partition coefficient (Wildman–Crippen LogP) is 4.47. The summed E-state index contributed by atoms with van der Waals surface area (Å²) in [5.74, 6) is -0.193. The molecule has 3 atom stereocenters. The van der Waals surface area contributed by atoms with Gasteiger partial charge in [0.05, 0.1) is 10.5 Å². The number of carbonyl (C=O) groups is 1. The Balaban J connectivity index is 1.62. The van der Waals surface area contributed by atoms with Crippen molar-refractivity contribution < 1.29 is 26.4 Å². The van der Waals surface area contributed by atoms with Crippen LogP contribution in [0.5, 0.6) is 0 Å². The smallest absolute Gasteiger partial charge is 0.370 e. The molecule has 5 nitrogen and oxygen atoms in total. The lowest BCUT2D eigenvalue weighted by atomic mass is 9.71. The molecule has 3 unspecified atom stereocenters. The highest BCUT2D eigenvalue weighted by Crippen LogP contribution is 2.44. The van der Waals surface area contributed by atoms with E-state index in [1.165, 1.54) is 15.4 Å². The Bertz CT molecular complexity index is 1130. The molecule has 1 saturated heterocycles. The normalized spacial score (nSPS) is 24.3. The van der Waals surface area contributed by atoms with Crippen LogP contribution in [0.15, 0.2) is 53.4 Å². The van der Waals surface area contributed by atoms with Gasteiger partial charge in [0.15, 0.2) is 0 Å². The van der Waals surface area contributed by atoms with Gasteiger partial charge < -0.3 is 5.73 Å². The fourth-order valence-electron chi connectivity index (χ4n) is 5.41. The van der Waals surface area contributed by atoms with Gasteiger partial charge >= 0.3 is 6.18 Å². The minimum Gasteiger partial charge on any atom is -0.370 e. The predicted molar refractivity (Wildman–Crippen MR) is 118 cm³/mol. The Morgan fingerprint density at radius 3 is 2.58 bits per heavy atom. The summed E-state index contributed by atoms with van der Waals surface area (Å²) in [6.07, 6.45) is -0.744. The number of halogens is 3. The second-order valence-corrected chi connectivity index (χ2v) is 10.8. The first kappa shape index (κ1) is 23.8. The molecular weight excluding hydrogens is 453 g/mol. The number of hydrogen-bond donors (Lipinski definition) is 1. The molecule has 2 aromatic rings. The van der Waals surface area contributed by atoms with Crippen LogP contribution in [0.4, 0.5) is 13.2 Å². The Morgan fingerprint density at radius 2 is 1.85 bits per heavy atom. The van der Waals surface area contributed by atoms with Crippen molar-refractivity contribution in [3.8, 4) is 0 Å². The topological polar surface area (TPSA) is 80.5 Å². The van der Waals surface area contributed by atoms with Crippen LogP contribution < -0.4 is 5.73 Å². The molecule has 0 bridgehead atoms. The number of nitrogens with two attached hydrogens (primary N) is 1. The van der Waals surface area contributed by atoms with E-state index in [1.54, 1.807) is 0 Å². The number of amides is 1. The van der Waals surface area contributed by atoms with E-state index in [-0.39, 0.29) is 24.8 Å². The number of nitrogens with zero attached hydrogens (tertiary/aromatic N) is 1. The molecule has 1 aliphatic carbocycles. The number of benzene rings is 2. The fourth-order valence-corrected chi connectivity index (χ4v) is 7.11. The van der Waals surface area contributed by atoms with Crippen molar-refractivity contribution in [2.24, 2.45) is 11.7 Å². The maximum absolute atomic E-state index is 13.3. The summed E-state index contributed by atoms with van der Waals surface area (Å²) >= 11 is 0. The molecule has 33 heavy (non-hydrogen) atoms. The standard InChI is InChI=1S/C24H27F3N2O3S/c25-24(26,27)18-7-4-8-20(14-18)33(31,32)29-12-11-17(13-19(29)15-23(28)30)22-10-3-6-16-5-1-2-9-21(16)22/h1-2,4-5,7-9,14,17,19,22H,3,6,10-13,15H2,(H2,28,30). The number of aryl methyl sites for hydroxylation is 1. The van der Waals surface area contributed by atoms with E-state index in [1.807, 2.05) is 12.1 Å². The Morgan fingerprint density at radius 1 is 1.09 bits per heavy atom. The van der Waals surface area contributed by atoms with Crippen molar-refractivity contribution in [2.75, 3.05) is 6.54 Å². The number of sulfonamides is 1. The Hall–Kier alpha value is -2.39. The zero-order valence-electron chi connectivity index (χ0n) is 18.1. The van der Waals surface area contributed by atoms with Crippen molar-refractivity contribution in [3.63, 3.8) is 0 Å². The third kappa shape index (κ3) is 4.94. The van der Waals surface area contributed by atoms with Gasteiger partial charge in [-0.3, -0.25) is 4.79 Å². The van der Waals surface area contributed by atoms with Crippen molar-refractivity contribution in [1.29, 1.82) is 0 Å². The second-order valence-electron chi connectivity index (χ2n) is 8.95. The highest BCUT2D eigenvalue weighted by atomic mass is 32.2. The number of alkyl halides is 3. The van der Waals surface area contributed by atoms with Gasteiger partial charge in [-0.25, -0.2) is 8.42 Å². The van der Waals surface area contributed by atoms with Crippen molar-refractivity contribution >= 4 is 15.9 Å². The molecule has 0 radical (unpaired) electrons. The molecule has 1 fully saturated rings. The number of fused-ring (bicyclic) bond motifs is 1. The molecular formula is C24H27F3N2O3S. The van der Waals surface area contributed by atoms with Crippen molar-refractivity contribution in [2.45, 2.75) is 61.6 Å². The number of rotatable bonds is 5. The second kappa shape index (κ2) is 9.10. The minimum atomic E-state index is -4.65. The minimum absolute atomic E-state index is 0.139. The van der Waals surface area contributed by atoms with Gasteiger partial charge in [0, 0.05) is 19.0 Å². The van der Waals surface area contributed by atoms with Crippen molar-refractivity contribution in [1.82, 2.24) is 4.31 Å². The average Bonchev–Trinajstić information content (AvgIpc) is 2.77. The van der Waals surface area contributed by atoms with E-state index in [2.05, 4.69) is 12.1 Å². The van der Waals surface area contributed by atoms with E-state index >= 15 is 0 Å². The highest BCUT2D eigenvalue weighted by molar-refractivity contribution is 7.89. The maximum atomic E-state index is 13.3. The first-order valence-corrected chi connectivity index (χ1v) is 12.6. The SMILES string of the molecule is NC(=O)CC1CC(C2CCCc3ccccc32)CCN1S(=O)(=O)c1cccc(C(F)(F)F)c1. The summed E-state index contributed by atoms with van der Waals surface area (Å²) in [4.78, 5) is 11.4. The molecule has 1 heterocycles.